The van der Waals surface area contributed by atoms with E-state index in [9.17, 15) is 4.39 Å². The van der Waals surface area contributed by atoms with Crippen molar-refractivity contribution in [1.82, 2.24) is 4.98 Å². The van der Waals surface area contributed by atoms with Gasteiger partial charge in [-0.25, -0.2) is 4.39 Å². The number of rotatable bonds is 1. The van der Waals surface area contributed by atoms with Crippen LogP contribution in [0, 0.1) is 5.82 Å². The fourth-order valence-electron chi connectivity index (χ4n) is 2.76. The summed E-state index contributed by atoms with van der Waals surface area (Å²) in [6.07, 6.45) is 3.88. The molecule has 1 aromatic heterocycles. The van der Waals surface area contributed by atoms with Gasteiger partial charge >= 0.3 is 0 Å². The summed E-state index contributed by atoms with van der Waals surface area (Å²) in [5.74, 6) is -0.271. The van der Waals surface area contributed by atoms with Crippen LogP contribution in [0.1, 0.15) is 19.8 Å². The summed E-state index contributed by atoms with van der Waals surface area (Å²) in [5, 5.41) is 0.827. The smallest absolute Gasteiger partial charge is 0.150 e. The van der Waals surface area contributed by atoms with E-state index in [4.69, 9.17) is 5.73 Å². The normalized spacial score (nSPS) is 19.7. The minimum Gasteiger partial charge on any atom is -0.398 e. The van der Waals surface area contributed by atoms with Gasteiger partial charge in [-0.15, -0.1) is 0 Å². The predicted molar refractivity (Wildman–Crippen MR) is 72.2 cm³/mol. The SMILES string of the molecule is CC1CCCN1c1c(F)cc(N)c2cccnc12. The number of nitrogen functional groups attached to an aromatic ring is 1. The molecule has 1 aliphatic rings. The number of anilines is 2. The molecule has 0 amide bonds. The van der Waals surface area contributed by atoms with Gasteiger partial charge in [0.05, 0.1) is 5.52 Å². The molecule has 2 heterocycles. The van der Waals surface area contributed by atoms with E-state index in [1.165, 1.54) is 6.07 Å². The first-order valence-electron chi connectivity index (χ1n) is 6.28. The third kappa shape index (κ3) is 1.60. The lowest BCUT2D eigenvalue weighted by atomic mass is 10.1. The number of hydrogen-bond acceptors (Lipinski definition) is 3. The van der Waals surface area contributed by atoms with Crippen molar-refractivity contribution in [3.8, 4) is 0 Å². The highest BCUT2D eigenvalue weighted by Gasteiger charge is 2.26. The molecule has 1 saturated heterocycles. The summed E-state index contributed by atoms with van der Waals surface area (Å²) < 4.78 is 14.2. The molecule has 0 radical (unpaired) electrons. The van der Waals surface area contributed by atoms with E-state index in [1.807, 2.05) is 12.1 Å². The largest absolute Gasteiger partial charge is 0.398 e. The highest BCUT2D eigenvalue weighted by molar-refractivity contribution is 5.99. The van der Waals surface area contributed by atoms with Crippen molar-refractivity contribution >= 4 is 22.3 Å². The summed E-state index contributed by atoms with van der Waals surface area (Å²) in [5.41, 5.74) is 7.58. The summed E-state index contributed by atoms with van der Waals surface area (Å²) in [6, 6.07) is 5.48. The van der Waals surface area contributed by atoms with E-state index >= 15 is 0 Å². The molecule has 1 aliphatic heterocycles. The van der Waals surface area contributed by atoms with Gasteiger partial charge < -0.3 is 10.6 Å². The van der Waals surface area contributed by atoms with Gasteiger partial charge in [-0.2, -0.15) is 0 Å². The lowest BCUT2D eigenvalue weighted by Gasteiger charge is -2.25. The van der Waals surface area contributed by atoms with Crippen LogP contribution in [0.4, 0.5) is 15.8 Å². The molecule has 2 N–H and O–H groups in total. The van der Waals surface area contributed by atoms with Crippen molar-refractivity contribution in [3.63, 3.8) is 0 Å². The van der Waals surface area contributed by atoms with Gasteiger partial charge in [-0.05, 0) is 38.0 Å². The summed E-state index contributed by atoms with van der Waals surface area (Å²) in [6.45, 7) is 3.01. The zero-order valence-corrected chi connectivity index (χ0v) is 10.4. The van der Waals surface area contributed by atoms with Gasteiger partial charge in [-0.1, -0.05) is 0 Å². The molecule has 1 aromatic carbocycles. The Kier molecular flexibility index (Phi) is 2.58. The fourth-order valence-corrected chi connectivity index (χ4v) is 2.76. The van der Waals surface area contributed by atoms with Gasteiger partial charge in [0.15, 0.2) is 5.82 Å². The van der Waals surface area contributed by atoms with Crippen LogP contribution in [0.5, 0.6) is 0 Å². The maximum Gasteiger partial charge on any atom is 0.150 e. The fraction of sp³-hybridized carbons (Fsp3) is 0.357. The van der Waals surface area contributed by atoms with Crippen molar-refractivity contribution in [3.05, 3.63) is 30.2 Å². The van der Waals surface area contributed by atoms with Crippen LogP contribution in [-0.2, 0) is 0 Å². The monoisotopic (exact) mass is 245 g/mol. The van der Waals surface area contributed by atoms with E-state index in [-0.39, 0.29) is 5.82 Å². The molecule has 0 saturated carbocycles. The third-order valence-corrected chi connectivity index (χ3v) is 3.69. The Morgan fingerprint density at radius 3 is 3.06 bits per heavy atom. The molecule has 1 fully saturated rings. The zero-order valence-electron chi connectivity index (χ0n) is 10.4. The Morgan fingerprint density at radius 2 is 2.33 bits per heavy atom. The van der Waals surface area contributed by atoms with E-state index < -0.39 is 0 Å². The standard InChI is InChI=1S/C14H16FN3/c1-9-4-3-7-18(9)14-11(15)8-12(16)10-5-2-6-17-13(10)14/h2,5-6,8-9H,3-4,7,16H2,1H3. The number of pyridine rings is 1. The molecule has 3 nitrogen and oxygen atoms in total. The molecular formula is C14H16FN3. The van der Waals surface area contributed by atoms with E-state index in [0.29, 0.717) is 22.9 Å². The van der Waals surface area contributed by atoms with Crippen LogP contribution in [0.15, 0.2) is 24.4 Å². The van der Waals surface area contributed by atoms with Crippen molar-refractivity contribution < 1.29 is 4.39 Å². The van der Waals surface area contributed by atoms with Gasteiger partial charge in [0.2, 0.25) is 0 Å². The quantitative estimate of drug-likeness (QED) is 0.785. The second-order valence-electron chi connectivity index (χ2n) is 4.88. The van der Waals surface area contributed by atoms with Crippen LogP contribution >= 0.6 is 0 Å². The first-order chi connectivity index (χ1) is 8.68. The van der Waals surface area contributed by atoms with Crippen LogP contribution in [0.25, 0.3) is 10.9 Å². The van der Waals surface area contributed by atoms with Crippen LogP contribution in [0.3, 0.4) is 0 Å². The molecule has 0 bridgehead atoms. The number of nitrogens with two attached hydrogens (primary N) is 1. The molecule has 0 aliphatic carbocycles. The minimum atomic E-state index is -0.271. The average Bonchev–Trinajstić information content (AvgIpc) is 2.76. The van der Waals surface area contributed by atoms with Crippen molar-refractivity contribution in [2.24, 2.45) is 0 Å². The molecule has 1 atom stereocenters. The second-order valence-corrected chi connectivity index (χ2v) is 4.88. The third-order valence-electron chi connectivity index (χ3n) is 3.69. The summed E-state index contributed by atoms with van der Waals surface area (Å²) >= 11 is 0. The Morgan fingerprint density at radius 1 is 1.50 bits per heavy atom. The molecule has 2 aromatic rings. The lowest BCUT2D eigenvalue weighted by molar-refractivity contribution is 0.616. The van der Waals surface area contributed by atoms with E-state index in [1.54, 1.807) is 6.20 Å². The molecule has 0 spiro atoms. The van der Waals surface area contributed by atoms with E-state index in [0.717, 1.165) is 24.8 Å². The maximum atomic E-state index is 14.2. The van der Waals surface area contributed by atoms with Crippen LogP contribution in [0.2, 0.25) is 0 Å². The average molecular weight is 245 g/mol. The predicted octanol–water partition coefficient (Wildman–Crippen LogP) is 2.94. The first kappa shape index (κ1) is 11.3. The van der Waals surface area contributed by atoms with Crippen LogP contribution in [-0.4, -0.2) is 17.6 Å². The topological polar surface area (TPSA) is 42.1 Å². The lowest BCUT2D eigenvalue weighted by Crippen LogP contribution is -2.27. The van der Waals surface area contributed by atoms with E-state index in [2.05, 4.69) is 16.8 Å². The second kappa shape index (κ2) is 4.12. The van der Waals surface area contributed by atoms with Crippen LogP contribution < -0.4 is 10.6 Å². The van der Waals surface area contributed by atoms with Crippen molar-refractivity contribution in [2.75, 3.05) is 17.2 Å². The number of fused-ring (bicyclic) bond motifs is 1. The molecule has 94 valence electrons. The maximum absolute atomic E-state index is 14.2. The number of halogens is 1. The van der Waals surface area contributed by atoms with Gasteiger partial charge in [0, 0.05) is 29.9 Å². The minimum absolute atomic E-state index is 0.271. The number of aromatic nitrogens is 1. The molecule has 4 heteroatoms. The summed E-state index contributed by atoms with van der Waals surface area (Å²) in [7, 11) is 0. The highest BCUT2D eigenvalue weighted by atomic mass is 19.1. The van der Waals surface area contributed by atoms with Gasteiger partial charge in [0.25, 0.3) is 0 Å². The highest BCUT2D eigenvalue weighted by Crippen LogP contribution is 2.35. The number of benzene rings is 1. The first-order valence-corrected chi connectivity index (χ1v) is 6.28. The molecule has 1 unspecified atom stereocenters. The molecule has 3 rings (SSSR count). The van der Waals surface area contributed by atoms with Gasteiger partial charge in [-0.3, -0.25) is 4.98 Å². The Balaban J connectivity index is 2.27. The molecular weight excluding hydrogens is 229 g/mol. The zero-order chi connectivity index (χ0) is 12.7. The Labute approximate surface area is 105 Å². The van der Waals surface area contributed by atoms with Crippen molar-refractivity contribution in [1.29, 1.82) is 0 Å². The number of nitrogens with zero attached hydrogens (tertiary/aromatic N) is 2. The number of hydrogen-bond donors (Lipinski definition) is 1. The Hall–Kier alpha value is -1.84. The summed E-state index contributed by atoms with van der Waals surface area (Å²) in [4.78, 5) is 6.42. The molecule has 18 heavy (non-hydrogen) atoms. The van der Waals surface area contributed by atoms with Crippen molar-refractivity contribution in [2.45, 2.75) is 25.8 Å². The van der Waals surface area contributed by atoms with Gasteiger partial charge in [0.1, 0.15) is 5.69 Å². The Bertz CT molecular complexity index is 597.